The van der Waals surface area contributed by atoms with Crippen molar-refractivity contribution in [3.05, 3.63) is 232 Å². The van der Waals surface area contributed by atoms with Crippen LogP contribution in [-0.2, 0) is 18.3 Å². The van der Waals surface area contributed by atoms with Crippen molar-refractivity contribution in [2.24, 2.45) is 0 Å². The Bertz CT molecular complexity index is 3390. The van der Waals surface area contributed by atoms with Crippen molar-refractivity contribution >= 4 is 27.8 Å². The molecule has 2 aliphatic carbocycles. The van der Waals surface area contributed by atoms with Gasteiger partial charge in [-0.15, -0.1) is 0 Å². The molecule has 1 nitrogen and oxygen atoms in total. The van der Waals surface area contributed by atoms with E-state index in [1.165, 1.54) is 122 Å². The molecule has 0 radical (unpaired) electrons. The summed E-state index contributed by atoms with van der Waals surface area (Å²) in [6.07, 6.45) is 3.21. The Hall–Kier alpha value is -6.96. The van der Waals surface area contributed by atoms with E-state index in [0.29, 0.717) is 17.8 Å². The van der Waals surface area contributed by atoms with Crippen LogP contribution in [0.2, 0.25) is 0 Å². The van der Waals surface area contributed by atoms with Gasteiger partial charge in [0.2, 0.25) is 0 Å². The molecule has 68 heavy (non-hydrogen) atoms. The first-order valence-electron chi connectivity index (χ1n) is 25.1. The highest BCUT2D eigenvalue weighted by Gasteiger charge is 2.38. The summed E-state index contributed by atoms with van der Waals surface area (Å²) in [5.74, 6) is 1.39. The van der Waals surface area contributed by atoms with Crippen molar-refractivity contribution < 1.29 is 0 Å². The first-order valence-corrected chi connectivity index (χ1v) is 25.1. The summed E-state index contributed by atoms with van der Waals surface area (Å²) >= 11 is 0. The molecule has 0 amide bonds. The molecular weight excluding hydrogens is 819 g/mol. The normalized spacial score (nSPS) is 15.3. The first kappa shape index (κ1) is 43.6. The van der Waals surface area contributed by atoms with Gasteiger partial charge < -0.3 is 4.90 Å². The zero-order chi connectivity index (χ0) is 46.8. The lowest BCUT2D eigenvalue weighted by molar-refractivity contribution is 0.657. The molecule has 2 aliphatic rings. The smallest absolute Gasteiger partial charge is 0.0543 e. The van der Waals surface area contributed by atoms with Crippen molar-refractivity contribution in [3.8, 4) is 44.5 Å². The SMILES string of the molecule is CCC(C)c1ccccc1-c1ccc(N(c2ccc(-c3ccccc3)cc2C)c2cc3c(c4ccccc24)-c2ccc(CC(C)c4ccc5c(c4)C(C)Cc4ccccc4-5)cc2C3(C)C)cc1C. The molecule has 0 fully saturated rings. The van der Waals surface area contributed by atoms with E-state index in [4.69, 9.17) is 0 Å². The predicted molar refractivity (Wildman–Crippen MR) is 291 cm³/mol. The Morgan fingerprint density at radius 3 is 2.03 bits per heavy atom. The van der Waals surface area contributed by atoms with E-state index in [1.54, 1.807) is 0 Å². The van der Waals surface area contributed by atoms with E-state index < -0.39 is 0 Å². The van der Waals surface area contributed by atoms with Crippen molar-refractivity contribution in [1.82, 2.24) is 0 Å². The van der Waals surface area contributed by atoms with Gasteiger partial charge in [0.05, 0.1) is 5.69 Å². The molecule has 0 heterocycles. The maximum Gasteiger partial charge on any atom is 0.0543 e. The summed E-state index contributed by atoms with van der Waals surface area (Å²) in [5, 5.41) is 2.56. The van der Waals surface area contributed by atoms with Gasteiger partial charge >= 0.3 is 0 Å². The molecule has 0 aromatic heterocycles. The van der Waals surface area contributed by atoms with Crippen LogP contribution in [0.3, 0.4) is 0 Å². The molecule has 9 aromatic rings. The Morgan fingerprint density at radius 2 is 1.25 bits per heavy atom. The van der Waals surface area contributed by atoms with Gasteiger partial charge in [-0.25, -0.2) is 0 Å². The number of fused-ring (bicyclic) bond motifs is 8. The molecule has 11 rings (SSSR count). The summed E-state index contributed by atoms with van der Waals surface area (Å²) in [6, 6.07) is 69.3. The second-order valence-electron chi connectivity index (χ2n) is 20.7. The molecule has 0 aliphatic heterocycles. The Kier molecular flexibility index (Phi) is 11.1. The van der Waals surface area contributed by atoms with Gasteiger partial charge in [0, 0.05) is 22.2 Å². The summed E-state index contributed by atoms with van der Waals surface area (Å²) in [7, 11) is 0. The van der Waals surface area contributed by atoms with Crippen LogP contribution in [0.4, 0.5) is 17.1 Å². The highest BCUT2D eigenvalue weighted by atomic mass is 15.1. The van der Waals surface area contributed by atoms with Crippen LogP contribution in [0, 0.1) is 13.8 Å². The molecule has 0 bridgehead atoms. The fourth-order valence-corrected chi connectivity index (χ4v) is 11.9. The molecule has 0 spiro atoms. The average molecular weight is 882 g/mol. The lowest BCUT2D eigenvalue weighted by Gasteiger charge is -2.31. The van der Waals surface area contributed by atoms with Crippen LogP contribution in [0.25, 0.3) is 55.3 Å². The van der Waals surface area contributed by atoms with Crippen LogP contribution in [0.5, 0.6) is 0 Å². The Balaban J connectivity index is 1.01. The molecule has 1 heteroatoms. The zero-order valence-electron chi connectivity index (χ0n) is 41.1. The van der Waals surface area contributed by atoms with Gasteiger partial charge in [0.25, 0.3) is 0 Å². The largest absolute Gasteiger partial charge is 0.310 e. The third-order valence-corrected chi connectivity index (χ3v) is 15.9. The van der Waals surface area contributed by atoms with E-state index in [1.807, 2.05) is 0 Å². The summed E-state index contributed by atoms with van der Waals surface area (Å²) in [4.78, 5) is 2.55. The van der Waals surface area contributed by atoms with E-state index in [-0.39, 0.29) is 5.41 Å². The van der Waals surface area contributed by atoms with E-state index in [2.05, 4.69) is 242 Å². The monoisotopic (exact) mass is 881 g/mol. The molecule has 3 unspecified atom stereocenters. The third kappa shape index (κ3) is 7.39. The van der Waals surface area contributed by atoms with E-state index in [9.17, 15) is 0 Å². The quantitative estimate of drug-likeness (QED) is 0.132. The van der Waals surface area contributed by atoms with Gasteiger partial charge in [-0.3, -0.25) is 0 Å². The minimum absolute atomic E-state index is 0.214. The maximum atomic E-state index is 2.55. The predicted octanol–water partition coefficient (Wildman–Crippen LogP) is 18.8. The van der Waals surface area contributed by atoms with Crippen LogP contribution >= 0.6 is 0 Å². The first-order chi connectivity index (χ1) is 33.0. The van der Waals surface area contributed by atoms with E-state index in [0.717, 1.165) is 19.3 Å². The number of hydrogen-bond donors (Lipinski definition) is 0. The number of aryl methyl sites for hydroxylation is 2. The lowest BCUT2D eigenvalue weighted by atomic mass is 9.77. The van der Waals surface area contributed by atoms with Crippen molar-refractivity contribution in [2.75, 3.05) is 4.90 Å². The summed E-state index contributed by atoms with van der Waals surface area (Å²) in [6.45, 7) is 18.9. The Labute approximate surface area is 405 Å². The number of benzene rings is 9. The molecule has 0 N–H and O–H groups in total. The van der Waals surface area contributed by atoms with E-state index >= 15 is 0 Å². The van der Waals surface area contributed by atoms with Crippen LogP contribution < -0.4 is 4.90 Å². The number of nitrogens with zero attached hydrogens (tertiary/aromatic N) is 1. The number of anilines is 3. The van der Waals surface area contributed by atoms with Crippen LogP contribution in [0.1, 0.15) is 116 Å². The minimum atomic E-state index is -0.214. The fourth-order valence-electron chi connectivity index (χ4n) is 11.9. The molecule has 0 saturated carbocycles. The zero-order valence-corrected chi connectivity index (χ0v) is 41.1. The highest BCUT2D eigenvalue weighted by molar-refractivity contribution is 6.10. The molecule has 0 saturated heterocycles. The van der Waals surface area contributed by atoms with Gasteiger partial charge in [0.15, 0.2) is 0 Å². The van der Waals surface area contributed by atoms with Gasteiger partial charge in [-0.05, 0) is 181 Å². The standard InChI is InChI=1S/C67H63N/c1-9-42(2)53-22-15-16-24-56(53)54-33-30-52(38-45(54)5)68(64-34-29-50(37-46(64)6)48-19-11-10-12-20-48)65-41-63-66(59-26-18-17-25-58(59)65)60-31-27-47(39-62(60)67(63,7)8)35-43(3)49-28-32-57-55-23-14-13-21-51(55)36-44(4)61(57)40-49/h10-34,37-44H,9,35-36H2,1-8H3. The van der Waals surface area contributed by atoms with Gasteiger partial charge in [0.1, 0.15) is 0 Å². The van der Waals surface area contributed by atoms with Crippen LogP contribution in [-0.4, -0.2) is 0 Å². The van der Waals surface area contributed by atoms with Gasteiger partial charge in [-0.2, -0.15) is 0 Å². The molecule has 9 aromatic carbocycles. The number of hydrogen-bond acceptors (Lipinski definition) is 1. The van der Waals surface area contributed by atoms with Crippen LogP contribution in [0.15, 0.2) is 182 Å². The molecule has 336 valence electrons. The molecule has 3 atom stereocenters. The van der Waals surface area contributed by atoms with Gasteiger partial charge in [-0.1, -0.05) is 193 Å². The minimum Gasteiger partial charge on any atom is -0.310 e. The second kappa shape index (κ2) is 17.3. The topological polar surface area (TPSA) is 3.24 Å². The summed E-state index contributed by atoms with van der Waals surface area (Å²) < 4.78 is 0. The number of rotatable bonds is 10. The second-order valence-corrected chi connectivity index (χ2v) is 20.7. The third-order valence-electron chi connectivity index (χ3n) is 15.9. The average Bonchev–Trinajstić information content (AvgIpc) is 3.59. The molecular formula is C67H63N. The van der Waals surface area contributed by atoms with Crippen molar-refractivity contribution in [2.45, 2.75) is 97.8 Å². The van der Waals surface area contributed by atoms with Crippen molar-refractivity contribution in [1.29, 1.82) is 0 Å². The fraction of sp³-hybridized carbons (Fsp3) is 0.224. The summed E-state index contributed by atoms with van der Waals surface area (Å²) in [5.41, 5.74) is 26.5. The lowest BCUT2D eigenvalue weighted by Crippen LogP contribution is -2.18. The Morgan fingerprint density at radius 1 is 0.544 bits per heavy atom. The maximum absolute atomic E-state index is 2.55. The van der Waals surface area contributed by atoms with Crippen molar-refractivity contribution in [3.63, 3.8) is 0 Å². The highest BCUT2D eigenvalue weighted by Crippen LogP contribution is 2.55.